The molecule has 0 saturated carbocycles. The molecule has 0 saturated heterocycles. The molecule has 27 heavy (non-hydrogen) atoms. The van der Waals surface area contributed by atoms with E-state index in [1.165, 1.54) is 12.1 Å². The summed E-state index contributed by atoms with van der Waals surface area (Å²) in [6.45, 7) is 2.52. The Kier molecular flexibility index (Phi) is 4.70. The molecule has 1 aliphatic carbocycles. The maximum Gasteiger partial charge on any atom is 0.278 e. The highest BCUT2D eigenvalue weighted by Crippen LogP contribution is 2.28. The van der Waals surface area contributed by atoms with Crippen LogP contribution in [-0.4, -0.2) is 20.8 Å². The number of nitrogens with zero attached hydrogens (tertiary/aromatic N) is 3. The highest BCUT2D eigenvalue weighted by Gasteiger charge is 2.27. The molecule has 1 N–H and O–H groups in total. The van der Waals surface area contributed by atoms with Crippen molar-refractivity contribution in [2.75, 3.05) is 5.32 Å². The number of benzene rings is 1. The molecule has 0 bridgehead atoms. The number of amides is 1. The Morgan fingerprint density at radius 3 is 3.15 bits per heavy atom. The Hall–Kier alpha value is -2.67. The van der Waals surface area contributed by atoms with Gasteiger partial charge in [-0.3, -0.25) is 9.48 Å². The van der Waals surface area contributed by atoms with E-state index in [1.807, 2.05) is 0 Å². The molecule has 8 heteroatoms. The van der Waals surface area contributed by atoms with E-state index in [4.69, 9.17) is 16.1 Å². The van der Waals surface area contributed by atoms with Gasteiger partial charge in [0.15, 0.2) is 5.69 Å². The lowest BCUT2D eigenvalue weighted by Gasteiger charge is -2.16. The van der Waals surface area contributed by atoms with Crippen LogP contribution in [0.15, 0.2) is 35.1 Å². The smallest absolute Gasteiger partial charge is 0.278 e. The van der Waals surface area contributed by atoms with E-state index in [-0.39, 0.29) is 11.7 Å². The second kappa shape index (κ2) is 7.15. The van der Waals surface area contributed by atoms with Crippen molar-refractivity contribution in [3.05, 3.63) is 64.0 Å². The van der Waals surface area contributed by atoms with Gasteiger partial charge in [-0.15, -0.1) is 0 Å². The van der Waals surface area contributed by atoms with E-state index in [1.54, 1.807) is 23.1 Å². The lowest BCUT2D eigenvalue weighted by molar-refractivity contribution is 0.101. The molecule has 1 unspecified atom stereocenters. The number of anilines is 1. The van der Waals surface area contributed by atoms with E-state index in [9.17, 15) is 9.18 Å². The largest absolute Gasteiger partial charge is 0.360 e. The Bertz CT molecular complexity index is 998. The fraction of sp³-hybridized carbons (Fsp3) is 0.316. The van der Waals surface area contributed by atoms with Crippen molar-refractivity contribution < 1.29 is 13.7 Å². The first kappa shape index (κ1) is 17.7. The van der Waals surface area contributed by atoms with E-state index in [2.05, 4.69) is 22.5 Å². The summed E-state index contributed by atoms with van der Waals surface area (Å²) in [6.07, 6.45) is 5.89. The van der Waals surface area contributed by atoms with Crippen molar-refractivity contribution >= 4 is 23.2 Å². The van der Waals surface area contributed by atoms with E-state index in [0.29, 0.717) is 28.9 Å². The van der Waals surface area contributed by atoms with Crippen LogP contribution in [0, 0.1) is 11.7 Å². The van der Waals surface area contributed by atoms with Crippen molar-refractivity contribution in [2.24, 2.45) is 5.92 Å². The molecule has 0 spiro atoms. The Morgan fingerprint density at radius 1 is 1.48 bits per heavy atom. The number of aryl methyl sites for hydroxylation is 1. The number of rotatable bonds is 4. The molecule has 0 aliphatic heterocycles. The van der Waals surface area contributed by atoms with Gasteiger partial charge in [0.25, 0.3) is 5.91 Å². The minimum atomic E-state index is -0.387. The van der Waals surface area contributed by atoms with Gasteiger partial charge in [-0.1, -0.05) is 29.7 Å². The SMILES string of the molecule is CC1CCc2onc(C(=O)Nc3cnn(Cc4ccc(F)cc4Cl)c3)c2C1. The number of hydrogen-bond acceptors (Lipinski definition) is 4. The van der Waals surface area contributed by atoms with Gasteiger partial charge >= 0.3 is 0 Å². The Labute approximate surface area is 160 Å². The summed E-state index contributed by atoms with van der Waals surface area (Å²) in [5.41, 5.74) is 2.51. The fourth-order valence-corrected chi connectivity index (χ4v) is 3.51. The highest BCUT2D eigenvalue weighted by atomic mass is 35.5. The molecule has 140 valence electrons. The van der Waals surface area contributed by atoms with Crippen molar-refractivity contribution in [1.82, 2.24) is 14.9 Å². The molecule has 1 aromatic carbocycles. The van der Waals surface area contributed by atoms with Crippen LogP contribution in [0.2, 0.25) is 5.02 Å². The average molecular weight is 389 g/mol. The number of nitrogens with one attached hydrogen (secondary N) is 1. The number of hydrogen-bond donors (Lipinski definition) is 1. The van der Waals surface area contributed by atoms with Crippen LogP contribution in [0.5, 0.6) is 0 Å². The topological polar surface area (TPSA) is 73.0 Å². The van der Waals surface area contributed by atoms with Crippen LogP contribution in [0.4, 0.5) is 10.1 Å². The Morgan fingerprint density at radius 2 is 2.33 bits per heavy atom. The maximum atomic E-state index is 13.1. The predicted molar refractivity (Wildman–Crippen MR) is 98.4 cm³/mol. The summed E-state index contributed by atoms with van der Waals surface area (Å²) in [5, 5.41) is 11.3. The number of halogens is 2. The van der Waals surface area contributed by atoms with E-state index in [0.717, 1.165) is 36.1 Å². The zero-order valence-electron chi connectivity index (χ0n) is 14.7. The molecule has 0 fully saturated rings. The molecule has 6 nitrogen and oxygen atoms in total. The third-order valence-electron chi connectivity index (χ3n) is 4.74. The quantitative estimate of drug-likeness (QED) is 0.730. The second-order valence-corrected chi connectivity index (χ2v) is 7.30. The minimum Gasteiger partial charge on any atom is -0.360 e. The molecular weight excluding hydrogens is 371 g/mol. The van der Waals surface area contributed by atoms with Crippen molar-refractivity contribution in [3.63, 3.8) is 0 Å². The highest BCUT2D eigenvalue weighted by molar-refractivity contribution is 6.31. The zero-order valence-corrected chi connectivity index (χ0v) is 15.5. The van der Waals surface area contributed by atoms with Crippen molar-refractivity contribution in [1.29, 1.82) is 0 Å². The molecule has 1 aliphatic rings. The van der Waals surface area contributed by atoms with Crippen molar-refractivity contribution in [2.45, 2.75) is 32.7 Å². The predicted octanol–water partition coefficient (Wildman–Crippen LogP) is 4.09. The monoisotopic (exact) mass is 388 g/mol. The van der Waals surface area contributed by atoms with E-state index >= 15 is 0 Å². The number of fused-ring (bicyclic) bond motifs is 1. The Balaban J connectivity index is 1.47. The lowest BCUT2D eigenvalue weighted by Crippen LogP contribution is -2.17. The van der Waals surface area contributed by atoms with Gasteiger partial charge in [-0.05, 0) is 36.5 Å². The zero-order chi connectivity index (χ0) is 19.0. The lowest BCUT2D eigenvalue weighted by atomic mass is 9.88. The third kappa shape index (κ3) is 3.73. The minimum absolute atomic E-state index is 0.312. The summed E-state index contributed by atoms with van der Waals surface area (Å²) in [5.74, 6) is 0.613. The van der Waals surface area contributed by atoms with Gasteiger partial charge in [0.2, 0.25) is 0 Å². The summed E-state index contributed by atoms with van der Waals surface area (Å²) in [4.78, 5) is 12.6. The molecular formula is C19H18ClFN4O2. The van der Waals surface area contributed by atoms with Gasteiger partial charge in [0.1, 0.15) is 11.6 Å². The number of carbonyl (C=O) groups excluding carboxylic acids is 1. The van der Waals surface area contributed by atoms with Crippen LogP contribution < -0.4 is 5.32 Å². The van der Waals surface area contributed by atoms with Crippen LogP contribution in [0.3, 0.4) is 0 Å². The van der Waals surface area contributed by atoms with Gasteiger partial charge < -0.3 is 9.84 Å². The van der Waals surface area contributed by atoms with Gasteiger partial charge in [0.05, 0.1) is 18.4 Å². The standard InChI is InChI=1S/C19H18ClFN4O2/c1-11-2-5-17-15(6-11)18(24-27-17)19(26)23-14-8-22-25(10-14)9-12-3-4-13(21)7-16(12)20/h3-4,7-8,10-11H,2,5-6,9H2,1H3,(H,23,26). The molecule has 4 rings (SSSR count). The van der Waals surface area contributed by atoms with Crippen LogP contribution in [0.25, 0.3) is 0 Å². The van der Waals surface area contributed by atoms with Crippen LogP contribution in [0.1, 0.15) is 40.7 Å². The fourth-order valence-electron chi connectivity index (χ4n) is 3.29. The normalized spacial score (nSPS) is 16.2. The van der Waals surface area contributed by atoms with Crippen LogP contribution in [-0.2, 0) is 19.4 Å². The first-order valence-electron chi connectivity index (χ1n) is 8.74. The number of aromatic nitrogens is 3. The average Bonchev–Trinajstić information content (AvgIpc) is 3.23. The first-order chi connectivity index (χ1) is 13.0. The molecule has 2 aromatic heterocycles. The van der Waals surface area contributed by atoms with Gasteiger partial charge in [0, 0.05) is 23.2 Å². The molecule has 1 amide bonds. The second-order valence-electron chi connectivity index (χ2n) is 6.90. The van der Waals surface area contributed by atoms with Gasteiger partial charge in [-0.2, -0.15) is 5.10 Å². The molecule has 0 radical (unpaired) electrons. The number of carbonyl (C=O) groups is 1. The molecule has 1 atom stereocenters. The van der Waals surface area contributed by atoms with Crippen LogP contribution >= 0.6 is 11.6 Å². The van der Waals surface area contributed by atoms with Gasteiger partial charge in [-0.25, -0.2) is 4.39 Å². The summed E-state index contributed by atoms with van der Waals surface area (Å²) in [7, 11) is 0. The summed E-state index contributed by atoms with van der Waals surface area (Å²) < 4.78 is 20.1. The first-order valence-corrected chi connectivity index (χ1v) is 9.12. The molecule has 2 heterocycles. The van der Waals surface area contributed by atoms with E-state index < -0.39 is 0 Å². The maximum absolute atomic E-state index is 13.1. The summed E-state index contributed by atoms with van der Waals surface area (Å²) >= 11 is 6.05. The van der Waals surface area contributed by atoms with Crippen molar-refractivity contribution in [3.8, 4) is 0 Å². The molecule has 3 aromatic rings. The summed E-state index contributed by atoms with van der Waals surface area (Å²) in [6, 6.07) is 4.22. The third-order valence-corrected chi connectivity index (χ3v) is 5.09.